The maximum atomic E-state index is 11.7. The molecule has 0 spiro atoms. The van der Waals surface area contributed by atoms with Gasteiger partial charge in [0, 0.05) is 5.39 Å². The second kappa shape index (κ2) is 7.95. The number of carbonyl (C=O) groups is 1. The van der Waals surface area contributed by atoms with Gasteiger partial charge in [0.1, 0.15) is 11.4 Å². The van der Waals surface area contributed by atoms with Crippen LogP contribution < -0.4 is 10.5 Å². The first-order valence-electron chi connectivity index (χ1n) is 8.05. The third-order valence-electron chi connectivity index (χ3n) is 3.89. The van der Waals surface area contributed by atoms with Crippen LogP contribution in [0.15, 0.2) is 63.7 Å². The van der Waals surface area contributed by atoms with Gasteiger partial charge in [-0.2, -0.15) is 0 Å². The number of benzene rings is 2. The number of hydrogen-bond acceptors (Lipinski definition) is 6. The van der Waals surface area contributed by atoms with Gasteiger partial charge in [0.05, 0.1) is 11.2 Å². The van der Waals surface area contributed by atoms with Crippen LogP contribution >= 0.6 is 12.2 Å². The van der Waals surface area contributed by atoms with E-state index < -0.39 is 22.5 Å². The molecule has 0 fully saturated rings. The zero-order valence-corrected chi connectivity index (χ0v) is 16.3. The van der Waals surface area contributed by atoms with Crippen molar-refractivity contribution in [1.82, 2.24) is 4.57 Å². The van der Waals surface area contributed by atoms with Crippen molar-refractivity contribution in [3.63, 3.8) is 0 Å². The molecule has 1 aromatic heterocycles. The number of nitrogens with one attached hydrogen (secondary N) is 1. The summed E-state index contributed by atoms with van der Waals surface area (Å²) >= 11 is 5.07. The Morgan fingerprint density at radius 2 is 1.83 bits per heavy atom. The van der Waals surface area contributed by atoms with Crippen LogP contribution in [0.1, 0.15) is 0 Å². The zero-order chi connectivity index (χ0) is 21.2. The molecule has 0 amide bonds. The fourth-order valence-electron chi connectivity index (χ4n) is 2.72. The monoisotopic (exact) mass is 433 g/mol. The number of aromatic hydroxyl groups is 1. The Kier molecular flexibility index (Phi) is 5.59. The highest BCUT2D eigenvalue weighted by molar-refractivity contribution is 7.89. The Morgan fingerprint density at radius 3 is 2.52 bits per heavy atom. The van der Waals surface area contributed by atoms with Crippen molar-refractivity contribution in [1.29, 1.82) is 0 Å². The number of azo groups is 1. The Bertz CT molecular complexity index is 1250. The van der Waals surface area contributed by atoms with E-state index >= 15 is 0 Å². The van der Waals surface area contributed by atoms with E-state index in [1.165, 1.54) is 22.8 Å². The first-order chi connectivity index (χ1) is 13.7. The van der Waals surface area contributed by atoms with Gasteiger partial charge in [0.25, 0.3) is 0 Å². The van der Waals surface area contributed by atoms with E-state index in [1.807, 2.05) is 0 Å². The maximum Gasteiger partial charge on any atom is 0.323 e. The molecule has 0 aliphatic rings. The predicted octanol–water partition coefficient (Wildman–Crippen LogP) is 2.56. The Balaban J connectivity index is 1.93. The molecule has 0 atom stereocenters. The normalized spacial score (nSPS) is 11.8. The molecule has 3 rings (SSSR count). The molecule has 29 heavy (non-hydrogen) atoms. The summed E-state index contributed by atoms with van der Waals surface area (Å²) in [6, 6.07) is 12.5. The van der Waals surface area contributed by atoms with Gasteiger partial charge in [-0.3, -0.25) is 9.36 Å². The van der Waals surface area contributed by atoms with Gasteiger partial charge in [-0.05, 0) is 30.4 Å². The summed E-state index contributed by atoms with van der Waals surface area (Å²) in [5.41, 5.74) is 0.613. The number of carboxylic acid groups (broad SMARTS) is 1. The molecule has 150 valence electrons. The first-order valence-corrected chi connectivity index (χ1v) is 10.0. The standard InChI is InChI=1S/C17H15N5O5S2/c18-29(26,27)13-8-4-2-6-11(13)19-17(28)21-20-15-10-5-1-3-7-12(10)22(16(15)25)9-14(23)24/h1-8,25H,9H2,(H,19,28)(H,23,24)(H2,18,26,27). The van der Waals surface area contributed by atoms with Crippen LogP contribution in [0, 0.1) is 0 Å². The third kappa shape index (κ3) is 4.39. The molecule has 3 aromatic rings. The van der Waals surface area contributed by atoms with E-state index in [-0.39, 0.29) is 27.3 Å². The molecule has 0 bridgehead atoms. The van der Waals surface area contributed by atoms with Gasteiger partial charge in [0.2, 0.25) is 21.0 Å². The summed E-state index contributed by atoms with van der Waals surface area (Å²) in [6.45, 7) is -0.466. The lowest BCUT2D eigenvalue weighted by atomic mass is 10.2. The Labute approximate surface area is 170 Å². The molecule has 0 aliphatic heterocycles. The first kappa shape index (κ1) is 20.4. The molecule has 1 heterocycles. The van der Waals surface area contributed by atoms with Crippen LogP contribution in [0.3, 0.4) is 0 Å². The van der Waals surface area contributed by atoms with Crippen LogP contribution in [0.2, 0.25) is 0 Å². The summed E-state index contributed by atoms with van der Waals surface area (Å²) in [5.74, 6) is -1.52. The number of hydrogen-bond donors (Lipinski definition) is 4. The van der Waals surface area contributed by atoms with E-state index in [0.29, 0.717) is 10.9 Å². The molecule has 10 nitrogen and oxygen atoms in total. The number of aromatic nitrogens is 1. The van der Waals surface area contributed by atoms with Gasteiger partial charge in [0.15, 0.2) is 5.69 Å². The number of anilines is 1. The molecule has 2 aromatic carbocycles. The highest BCUT2D eigenvalue weighted by Gasteiger charge is 2.18. The van der Waals surface area contributed by atoms with Crippen LogP contribution in [0.5, 0.6) is 5.88 Å². The molecule has 0 radical (unpaired) electrons. The van der Waals surface area contributed by atoms with Crippen molar-refractivity contribution in [2.75, 3.05) is 5.32 Å². The van der Waals surface area contributed by atoms with Crippen molar-refractivity contribution in [2.24, 2.45) is 15.4 Å². The number of nitrogens with zero attached hydrogens (tertiary/aromatic N) is 3. The average molecular weight is 433 g/mol. The number of nitrogens with two attached hydrogens (primary N) is 1. The van der Waals surface area contributed by atoms with Gasteiger partial charge >= 0.3 is 5.97 Å². The number of rotatable bonds is 5. The third-order valence-corrected chi connectivity index (χ3v) is 5.04. The highest BCUT2D eigenvalue weighted by Crippen LogP contribution is 2.38. The minimum atomic E-state index is -3.98. The lowest BCUT2D eigenvalue weighted by molar-refractivity contribution is -0.137. The van der Waals surface area contributed by atoms with Crippen molar-refractivity contribution >= 4 is 55.6 Å². The molecule has 12 heteroatoms. The highest BCUT2D eigenvalue weighted by atomic mass is 32.2. The second-order valence-electron chi connectivity index (χ2n) is 5.84. The van der Waals surface area contributed by atoms with Crippen LogP contribution in [-0.4, -0.2) is 34.3 Å². The summed E-state index contributed by atoms with van der Waals surface area (Å²) in [6.07, 6.45) is 0. The number of thiocarbonyl (C=S) groups is 1. The molecule has 0 unspecified atom stereocenters. The van der Waals surface area contributed by atoms with E-state index in [1.54, 1.807) is 30.3 Å². The number of aliphatic carboxylic acids is 1. The minimum absolute atomic E-state index is 0.0331. The topological polar surface area (TPSA) is 159 Å². The smallest absolute Gasteiger partial charge is 0.323 e. The van der Waals surface area contributed by atoms with E-state index in [2.05, 4.69) is 15.5 Å². The van der Waals surface area contributed by atoms with Crippen molar-refractivity contribution < 1.29 is 23.4 Å². The fraction of sp³-hybridized carbons (Fsp3) is 0.0588. The number of carboxylic acids is 1. The van der Waals surface area contributed by atoms with Gasteiger partial charge in [-0.1, -0.05) is 30.3 Å². The van der Waals surface area contributed by atoms with Gasteiger partial charge in [-0.25, -0.2) is 13.6 Å². The summed E-state index contributed by atoms with van der Waals surface area (Å²) in [4.78, 5) is 10.9. The van der Waals surface area contributed by atoms with Gasteiger partial charge in [-0.15, -0.1) is 10.2 Å². The lowest BCUT2D eigenvalue weighted by Gasteiger charge is -2.08. The maximum absolute atomic E-state index is 11.7. The fourth-order valence-corrected chi connectivity index (χ4v) is 3.56. The zero-order valence-electron chi connectivity index (χ0n) is 14.7. The Hall–Kier alpha value is -3.35. The summed E-state index contributed by atoms with van der Waals surface area (Å²) < 4.78 is 24.5. The van der Waals surface area contributed by atoms with E-state index in [0.717, 1.165) is 0 Å². The lowest BCUT2D eigenvalue weighted by Crippen LogP contribution is -2.16. The average Bonchev–Trinajstić information content (AvgIpc) is 2.91. The molecule has 0 saturated heterocycles. The largest absolute Gasteiger partial charge is 0.493 e. The molecule has 5 N–H and O–H groups in total. The molecular formula is C17H15N5O5S2. The van der Waals surface area contributed by atoms with E-state index in [9.17, 15) is 18.3 Å². The predicted molar refractivity (Wildman–Crippen MR) is 110 cm³/mol. The minimum Gasteiger partial charge on any atom is -0.493 e. The summed E-state index contributed by atoms with van der Waals surface area (Å²) in [7, 11) is -3.98. The van der Waals surface area contributed by atoms with Crippen LogP contribution in [0.4, 0.5) is 11.4 Å². The number of para-hydroxylation sites is 2. The second-order valence-corrected chi connectivity index (χ2v) is 7.76. The van der Waals surface area contributed by atoms with Crippen molar-refractivity contribution in [3.8, 4) is 5.88 Å². The quantitative estimate of drug-likeness (QED) is 0.355. The molecule has 0 aliphatic carbocycles. The molecule has 0 saturated carbocycles. The summed E-state index contributed by atoms with van der Waals surface area (Å²) in [5, 5.41) is 35.3. The Morgan fingerprint density at radius 1 is 1.17 bits per heavy atom. The van der Waals surface area contributed by atoms with Crippen molar-refractivity contribution in [2.45, 2.75) is 11.4 Å². The van der Waals surface area contributed by atoms with Gasteiger partial charge < -0.3 is 15.5 Å². The molecular weight excluding hydrogens is 418 g/mol. The number of fused-ring (bicyclic) bond motifs is 1. The van der Waals surface area contributed by atoms with Crippen LogP contribution in [0.25, 0.3) is 10.9 Å². The van der Waals surface area contributed by atoms with Crippen LogP contribution in [-0.2, 0) is 21.4 Å². The SMILES string of the molecule is NS(=O)(=O)c1ccccc1NC(=S)N=Nc1c(O)n(CC(=O)O)c2ccccc12. The number of primary sulfonamides is 1. The van der Waals surface area contributed by atoms with Crippen molar-refractivity contribution in [3.05, 3.63) is 48.5 Å². The van der Waals surface area contributed by atoms with E-state index in [4.69, 9.17) is 22.5 Å². The number of sulfonamides is 1.